The van der Waals surface area contributed by atoms with E-state index in [4.69, 9.17) is 11.6 Å². The summed E-state index contributed by atoms with van der Waals surface area (Å²) in [5, 5.41) is 0.183. The first-order chi connectivity index (χ1) is 11.4. The summed E-state index contributed by atoms with van der Waals surface area (Å²) in [6.45, 7) is -0.433. The topological polar surface area (TPSA) is 50.3 Å². The lowest BCUT2D eigenvalue weighted by molar-refractivity contribution is 0.475. The Morgan fingerprint density at radius 2 is 1.96 bits per heavy atom. The summed E-state index contributed by atoms with van der Waals surface area (Å²) < 4.78 is 38.6. The summed E-state index contributed by atoms with van der Waals surface area (Å²) in [5.74, 6) is 5.65. The van der Waals surface area contributed by atoms with Crippen LogP contribution in [0.2, 0.25) is 5.02 Å². The highest BCUT2D eigenvalue weighted by Gasteiger charge is 2.22. The van der Waals surface area contributed by atoms with Gasteiger partial charge in [-0.15, -0.1) is 0 Å². The standard InChI is InChI=1S/C17H16ClFN2O2S/c1-21(24(22,23)17-11-3-2-10-16(17)18)12-5-4-7-14-8-6-9-15(13-19)20-14/h2-3,6,8-11H,5,12-13H2,1H3. The quantitative estimate of drug-likeness (QED) is 0.763. The number of alkyl halides is 1. The molecule has 1 aromatic carbocycles. The highest BCUT2D eigenvalue weighted by molar-refractivity contribution is 7.89. The van der Waals surface area contributed by atoms with Crippen LogP contribution < -0.4 is 0 Å². The van der Waals surface area contributed by atoms with Gasteiger partial charge in [0.1, 0.15) is 17.3 Å². The molecule has 24 heavy (non-hydrogen) atoms. The van der Waals surface area contributed by atoms with Gasteiger partial charge in [-0.2, -0.15) is 4.31 Å². The van der Waals surface area contributed by atoms with Crippen molar-refractivity contribution in [3.05, 3.63) is 58.9 Å². The lowest BCUT2D eigenvalue weighted by Crippen LogP contribution is -2.28. The Bertz CT molecular complexity index is 875. The van der Waals surface area contributed by atoms with E-state index in [-0.39, 0.29) is 16.5 Å². The van der Waals surface area contributed by atoms with Crippen LogP contribution >= 0.6 is 11.6 Å². The lowest BCUT2D eigenvalue weighted by atomic mass is 10.3. The van der Waals surface area contributed by atoms with Crippen LogP contribution in [0.3, 0.4) is 0 Å². The summed E-state index contributed by atoms with van der Waals surface area (Å²) >= 11 is 5.95. The summed E-state index contributed by atoms with van der Waals surface area (Å²) in [6.07, 6.45) is 0.321. The van der Waals surface area contributed by atoms with Gasteiger partial charge in [-0.05, 0) is 30.2 Å². The maximum Gasteiger partial charge on any atom is 0.244 e. The fraction of sp³-hybridized carbons (Fsp3) is 0.235. The molecular formula is C17H16ClFN2O2S. The van der Waals surface area contributed by atoms with E-state index in [1.165, 1.54) is 23.5 Å². The third-order valence-corrected chi connectivity index (χ3v) is 5.59. The third-order valence-electron chi connectivity index (χ3n) is 3.24. The molecule has 0 spiro atoms. The molecule has 1 heterocycles. The highest BCUT2D eigenvalue weighted by Crippen LogP contribution is 2.23. The van der Waals surface area contributed by atoms with Crippen molar-refractivity contribution in [3.63, 3.8) is 0 Å². The highest BCUT2D eigenvalue weighted by atomic mass is 35.5. The van der Waals surface area contributed by atoms with E-state index in [0.29, 0.717) is 17.8 Å². The number of hydrogen-bond acceptors (Lipinski definition) is 3. The molecule has 126 valence electrons. The minimum absolute atomic E-state index is 0.0689. The van der Waals surface area contributed by atoms with Crippen molar-refractivity contribution in [2.75, 3.05) is 13.6 Å². The zero-order valence-electron chi connectivity index (χ0n) is 13.0. The summed E-state index contributed by atoms with van der Waals surface area (Å²) in [6, 6.07) is 11.2. The Kier molecular flexibility index (Phi) is 6.32. The van der Waals surface area contributed by atoms with Gasteiger partial charge in [-0.25, -0.2) is 17.8 Å². The molecule has 2 aromatic rings. The number of pyridine rings is 1. The second-order valence-electron chi connectivity index (χ2n) is 4.96. The smallest absolute Gasteiger partial charge is 0.244 e. The Labute approximate surface area is 146 Å². The van der Waals surface area contributed by atoms with Crippen molar-refractivity contribution in [1.82, 2.24) is 9.29 Å². The first-order valence-corrected chi connectivity index (χ1v) is 8.98. The van der Waals surface area contributed by atoms with Crippen molar-refractivity contribution in [2.45, 2.75) is 18.0 Å². The van der Waals surface area contributed by atoms with Crippen LogP contribution in [-0.4, -0.2) is 31.3 Å². The number of halogens is 2. The van der Waals surface area contributed by atoms with E-state index in [9.17, 15) is 12.8 Å². The predicted octanol–water partition coefficient (Wildman–Crippen LogP) is 3.27. The van der Waals surface area contributed by atoms with Crippen LogP contribution in [0.15, 0.2) is 47.4 Å². The molecule has 1 aromatic heterocycles. The van der Waals surface area contributed by atoms with Crippen molar-refractivity contribution >= 4 is 21.6 Å². The molecule has 0 N–H and O–H groups in total. The average molecular weight is 367 g/mol. The molecule has 0 fully saturated rings. The summed E-state index contributed by atoms with van der Waals surface area (Å²) in [7, 11) is -2.18. The SMILES string of the molecule is CN(CCC#Cc1cccc(CF)n1)S(=O)(=O)c1ccccc1Cl. The minimum Gasteiger partial charge on any atom is -0.244 e. The molecule has 2 rings (SSSR count). The molecular weight excluding hydrogens is 351 g/mol. The van der Waals surface area contributed by atoms with Crippen LogP contribution in [0, 0.1) is 11.8 Å². The van der Waals surface area contributed by atoms with Gasteiger partial charge >= 0.3 is 0 Å². The van der Waals surface area contributed by atoms with E-state index in [2.05, 4.69) is 16.8 Å². The fourth-order valence-electron chi connectivity index (χ4n) is 1.93. The van der Waals surface area contributed by atoms with Crippen LogP contribution in [0.25, 0.3) is 0 Å². The van der Waals surface area contributed by atoms with Gasteiger partial charge in [0, 0.05) is 20.0 Å². The molecule has 4 nitrogen and oxygen atoms in total. The normalized spacial score (nSPS) is 11.2. The van der Waals surface area contributed by atoms with Crippen molar-refractivity contribution in [1.29, 1.82) is 0 Å². The maximum atomic E-state index is 12.5. The van der Waals surface area contributed by atoms with Gasteiger partial charge < -0.3 is 0 Å². The number of rotatable bonds is 5. The first-order valence-electron chi connectivity index (χ1n) is 7.17. The summed E-state index contributed by atoms with van der Waals surface area (Å²) in [4.78, 5) is 4.09. The molecule has 0 radical (unpaired) electrons. The van der Waals surface area contributed by atoms with Crippen molar-refractivity contribution < 1.29 is 12.8 Å². The van der Waals surface area contributed by atoms with E-state index in [0.717, 1.165) is 0 Å². The predicted molar refractivity (Wildman–Crippen MR) is 91.8 cm³/mol. The Balaban J connectivity index is 2.02. The van der Waals surface area contributed by atoms with Gasteiger partial charge in [0.05, 0.1) is 10.7 Å². The first kappa shape index (κ1) is 18.4. The second kappa shape index (κ2) is 8.25. The summed E-state index contributed by atoms with van der Waals surface area (Å²) in [5.41, 5.74) is 0.780. The lowest BCUT2D eigenvalue weighted by Gasteiger charge is -2.16. The third kappa shape index (κ3) is 4.54. The number of nitrogens with zero attached hydrogens (tertiary/aromatic N) is 2. The largest absolute Gasteiger partial charge is 0.244 e. The zero-order chi connectivity index (χ0) is 17.6. The van der Waals surface area contributed by atoms with Crippen LogP contribution in [0.4, 0.5) is 4.39 Å². The van der Waals surface area contributed by atoms with E-state index in [1.807, 2.05) is 0 Å². The Morgan fingerprint density at radius 3 is 2.67 bits per heavy atom. The number of hydrogen-bond donors (Lipinski definition) is 0. The van der Waals surface area contributed by atoms with Crippen LogP contribution in [0.1, 0.15) is 17.8 Å². The van der Waals surface area contributed by atoms with Gasteiger partial charge in [0.25, 0.3) is 0 Å². The van der Waals surface area contributed by atoms with Crippen LogP contribution in [-0.2, 0) is 16.7 Å². The monoisotopic (exact) mass is 366 g/mol. The molecule has 0 aliphatic carbocycles. The van der Waals surface area contributed by atoms with E-state index < -0.39 is 16.7 Å². The molecule has 0 aliphatic heterocycles. The number of aromatic nitrogens is 1. The van der Waals surface area contributed by atoms with E-state index >= 15 is 0 Å². The van der Waals surface area contributed by atoms with Gasteiger partial charge in [0.15, 0.2) is 0 Å². The van der Waals surface area contributed by atoms with Gasteiger partial charge in [-0.1, -0.05) is 35.7 Å². The average Bonchev–Trinajstić information content (AvgIpc) is 2.59. The fourth-order valence-corrected chi connectivity index (χ4v) is 3.59. The van der Waals surface area contributed by atoms with Gasteiger partial charge in [0.2, 0.25) is 10.0 Å². The van der Waals surface area contributed by atoms with Crippen molar-refractivity contribution in [3.8, 4) is 11.8 Å². The van der Waals surface area contributed by atoms with E-state index in [1.54, 1.807) is 30.3 Å². The molecule has 0 bridgehead atoms. The number of sulfonamides is 1. The molecule has 0 amide bonds. The van der Waals surface area contributed by atoms with Crippen molar-refractivity contribution in [2.24, 2.45) is 0 Å². The van der Waals surface area contributed by atoms with Gasteiger partial charge in [-0.3, -0.25) is 0 Å². The van der Waals surface area contributed by atoms with Crippen LogP contribution in [0.5, 0.6) is 0 Å². The molecule has 0 saturated heterocycles. The Morgan fingerprint density at radius 1 is 1.21 bits per heavy atom. The Hall–Kier alpha value is -1.94. The molecule has 0 saturated carbocycles. The second-order valence-corrected chi connectivity index (χ2v) is 7.38. The molecule has 7 heteroatoms. The molecule has 0 atom stereocenters. The zero-order valence-corrected chi connectivity index (χ0v) is 14.6. The number of benzene rings is 1. The maximum absolute atomic E-state index is 12.5. The molecule has 0 aliphatic rings. The minimum atomic E-state index is -3.66. The molecule has 0 unspecified atom stereocenters.